The van der Waals surface area contributed by atoms with Crippen LogP contribution < -0.4 is 14.8 Å². The molecule has 1 unspecified atom stereocenters. The summed E-state index contributed by atoms with van der Waals surface area (Å²) >= 11 is 0. The summed E-state index contributed by atoms with van der Waals surface area (Å²) in [6.45, 7) is 0.514. The molecule has 1 aromatic heterocycles. The number of ether oxygens (including phenoxy) is 3. The second kappa shape index (κ2) is 7.47. The van der Waals surface area contributed by atoms with Crippen LogP contribution in [0.1, 0.15) is 43.4 Å². The zero-order valence-corrected chi connectivity index (χ0v) is 15.4. The quantitative estimate of drug-likeness (QED) is 0.870. The SMILES string of the molecule is COc1ccc(C2(c3ccccn3)CCNC(=O)O2)cc1OC1CCCC1. The number of cyclic esters (lactones) is 1. The van der Waals surface area contributed by atoms with E-state index in [0.717, 1.165) is 18.4 Å². The molecule has 1 N–H and O–H groups in total. The van der Waals surface area contributed by atoms with Gasteiger partial charge in [0.05, 0.1) is 18.9 Å². The monoisotopic (exact) mass is 368 g/mol. The Balaban J connectivity index is 1.76. The molecule has 6 heteroatoms. The van der Waals surface area contributed by atoms with Gasteiger partial charge in [0, 0.05) is 24.7 Å². The highest BCUT2D eigenvalue weighted by molar-refractivity contribution is 5.70. The van der Waals surface area contributed by atoms with Crippen molar-refractivity contribution in [2.24, 2.45) is 0 Å². The van der Waals surface area contributed by atoms with Crippen LogP contribution >= 0.6 is 0 Å². The molecule has 27 heavy (non-hydrogen) atoms. The average molecular weight is 368 g/mol. The molecular formula is C21H24N2O4. The molecular weight excluding hydrogens is 344 g/mol. The van der Waals surface area contributed by atoms with Gasteiger partial charge in [0.15, 0.2) is 17.1 Å². The highest BCUT2D eigenvalue weighted by Gasteiger charge is 2.43. The van der Waals surface area contributed by atoms with Crippen LogP contribution in [0, 0.1) is 0 Å². The third-order valence-electron chi connectivity index (χ3n) is 5.32. The summed E-state index contributed by atoms with van der Waals surface area (Å²) in [7, 11) is 1.63. The van der Waals surface area contributed by atoms with Crippen molar-refractivity contribution in [3.63, 3.8) is 0 Å². The summed E-state index contributed by atoms with van der Waals surface area (Å²) in [5.41, 5.74) is 0.602. The zero-order valence-electron chi connectivity index (χ0n) is 15.4. The van der Waals surface area contributed by atoms with Crippen LogP contribution in [0.5, 0.6) is 11.5 Å². The van der Waals surface area contributed by atoms with Gasteiger partial charge in [-0.25, -0.2) is 4.79 Å². The number of hydrogen-bond donors (Lipinski definition) is 1. The van der Waals surface area contributed by atoms with Gasteiger partial charge in [-0.1, -0.05) is 12.1 Å². The van der Waals surface area contributed by atoms with Gasteiger partial charge in [0.25, 0.3) is 0 Å². The average Bonchev–Trinajstić information content (AvgIpc) is 3.21. The molecule has 1 saturated heterocycles. The lowest BCUT2D eigenvalue weighted by Crippen LogP contribution is -2.46. The number of pyridine rings is 1. The van der Waals surface area contributed by atoms with Gasteiger partial charge in [-0.3, -0.25) is 4.98 Å². The first-order valence-electron chi connectivity index (χ1n) is 9.45. The van der Waals surface area contributed by atoms with Gasteiger partial charge in [0.1, 0.15) is 0 Å². The molecule has 6 nitrogen and oxygen atoms in total. The largest absolute Gasteiger partial charge is 0.493 e. The lowest BCUT2D eigenvalue weighted by atomic mass is 9.85. The second-order valence-electron chi connectivity index (χ2n) is 7.00. The van der Waals surface area contributed by atoms with Crippen LogP contribution in [0.3, 0.4) is 0 Å². The number of hydrogen-bond acceptors (Lipinski definition) is 5. The van der Waals surface area contributed by atoms with Crippen LogP contribution in [0.25, 0.3) is 0 Å². The van der Waals surface area contributed by atoms with E-state index in [9.17, 15) is 4.79 Å². The Morgan fingerprint density at radius 1 is 1.19 bits per heavy atom. The molecule has 4 rings (SSSR count). The molecule has 2 aromatic rings. The molecule has 2 heterocycles. The molecule has 1 aliphatic heterocycles. The molecule has 1 aliphatic carbocycles. The van der Waals surface area contributed by atoms with E-state index in [4.69, 9.17) is 14.2 Å². The lowest BCUT2D eigenvalue weighted by Gasteiger charge is -2.37. The number of benzene rings is 1. The highest BCUT2D eigenvalue weighted by Crippen LogP contribution is 2.42. The van der Waals surface area contributed by atoms with E-state index >= 15 is 0 Å². The van der Waals surface area contributed by atoms with Gasteiger partial charge in [-0.2, -0.15) is 0 Å². The minimum Gasteiger partial charge on any atom is -0.493 e. The molecule has 2 fully saturated rings. The maximum absolute atomic E-state index is 12.1. The number of carbonyl (C=O) groups is 1. The van der Waals surface area contributed by atoms with Crippen molar-refractivity contribution in [3.05, 3.63) is 53.9 Å². The minimum absolute atomic E-state index is 0.204. The predicted octanol–water partition coefficient (Wildman–Crippen LogP) is 3.79. The van der Waals surface area contributed by atoms with Crippen LogP contribution in [0.15, 0.2) is 42.6 Å². The number of rotatable bonds is 5. The first kappa shape index (κ1) is 17.6. The summed E-state index contributed by atoms with van der Waals surface area (Å²) in [5.74, 6) is 1.37. The molecule has 0 spiro atoms. The molecule has 1 amide bonds. The number of carbonyl (C=O) groups excluding carboxylic acids is 1. The summed E-state index contributed by atoms with van der Waals surface area (Å²) in [6.07, 6.45) is 6.55. The van der Waals surface area contributed by atoms with E-state index in [0.29, 0.717) is 30.2 Å². The second-order valence-corrected chi connectivity index (χ2v) is 7.00. The highest BCUT2D eigenvalue weighted by atomic mass is 16.6. The van der Waals surface area contributed by atoms with Crippen molar-refractivity contribution in [2.75, 3.05) is 13.7 Å². The Kier molecular flexibility index (Phi) is 4.88. The molecule has 0 radical (unpaired) electrons. The first-order chi connectivity index (χ1) is 13.2. The molecule has 1 saturated carbocycles. The summed E-state index contributed by atoms with van der Waals surface area (Å²) in [5, 5.41) is 2.73. The Labute approximate surface area is 158 Å². The summed E-state index contributed by atoms with van der Waals surface area (Å²) < 4.78 is 17.6. The van der Waals surface area contributed by atoms with Crippen LogP contribution in [-0.2, 0) is 10.3 Å². The molecule has 2 aliphatic rings. The maximum Gasteiger partial charge on any atom is 0.408 e. The maximum atomic E-state index is 12.1. The van der Waals surface area contributed by atoms with Crippen molar-refractivity contribution >= 4 is 6.09 Å². The topological polar surface area (TPSA) is 69.7 Å². The summed E-state index contributed by atoms with van der Waals surface area (Å²) in [6, 6.07) is 11.4. The first-order valence-corrected chi connectivity index (χ1v) is 9.45. The molecule has 142 valence electrons. The number of nitrogens with one attached hydrogen (secondary N) is 1. The fraction of sp³-hybridized carbons (Fsp3) is 0.429. The van der Waals surface area contributed by atoms with Crippen molar-refractivity contribution in [2.45, 2.75) is 43.8 Å². The van der Waals surface area contributed by atoms with Gasteiger partial charge >= 0.3 is 6.09 Å². The smallest absolute Gasteiger partial charge is 0.408 e. The number of aromatic nitrogens is 1. The van der Waals surface area contributed by atoms with Crippen molar-refractivity contribution in [1.82, 2.24) is 10.3 Å². The van der Waals surface area contributed by atoms with Crippen molar-refractivity contribution in [3.8, 4) is 11.5 Å². The van der Waals surface area contributed by atoms with Crippen molar-refractivity contribution in [1.29, 1.82) is 0 Å². The van der Waals surface area contributed by atoms with E-state index in [2.05, 4.69) is 10.3 Å². The van der Waals surface area contributed by atoms with E-state index in [1.54, 1.807) is 13.3 Å². The Morgan fingerprint density at radius 2 is 2.04 bits per heavy atom. The minimum atomic E-state index is -0.941. The number of nitrogens with zero attached hydrogens (tertiary/aromatic N) is 1. The standard InChI is InChI=1S/C21H24N2O4/c1-25-17-10-9-15(14-18(17)26-16-6-2-3-7-16)21(11-13-23-20(24)27-21)19-8-4-5-12-22-19/h4-5,8-10,12,14,16H,2-3,6-7,11,13H2,1H3,(H,23,24). The van der Waals surface area contributed by atoms with Gasteiger partial charge in [-0.05, 0) is 49.9 Å². The Bertz CT molecular complexity index is 805. The van der Waals surface area contributed by atoms with E-state index in [1.807, 2.05) is 36.4 Å². The van der Waals surface area contributed by atoms with Crippen LogP contribution in [-0.4, -0.2) is 30.8 Å². The third kappa shape index (κ3) is 3.44. The zero-order chi connectivity index (χ0) is 18.7. The normalized spacial score (nSPS) is 22.8. The van der Waals surface area contributed by atoms with E-state index in [-0.39, 0.29) is 6.10 Å². The fourth-order valence-electron chi connectivity index (χ4n) is 3.92. The van der Waals surface area contributed by atoms with Crippen LogP contribution in [0.2, 0.25) is 0 Å². The molecule has 1 atom stereocenters. The van der Waals surface area contributed by atoms with Crippen molar-refractivity contribution < 1.29 is 19.0 Å². The Hall–Kier alpha value is -2.76. The van der Waals surface area contributed by atoms with Gasteiger partial charge in [0.2, 0.25) is 0 Å². The third-order valence-corrected chi connectivity index (χ3v) is 5.32. The van der Waals surface area contributed by atoms with Gasteiger partial charge in [-0.15, -0.1) is 0 Å². The van der Waals surface area contributed by atoms with Gasteiger partial charge < -0.3 is 19.5 Å². The fourth-order valence-corrected chi connectivity index (χ4v) is 3.92. The predicted molar refractivity (Wildman–Crippen MR) is 100.0 cm³/mol. The number of amides is 1. The number of alkyl carbamates (subject to hydrolysis) is 1. The molecule has 0 bridgehead atoms. The lowest BCUT2D eigenvalue weighted by molar-refractivity contribution is 0.0104. The Morgan fingerprint density at radius 3 is 2.74 bits per heavy atom. The van der Waals surface area contributed by atoms with E-state index in [1.165, 1.54) is 12.8 Å². The summed E-state index contributed by atoms with van der Waals surface area (Å²) in [4.78, 5) is 16.6. The molecule has 1 aromatic carbocycles. The van der Waals surface area contributed by atoms with E-state index < -0.39 is 11.7 Å². The van der Waals surface area contributed by atoms with Crippen LogP contribution in [0.4, 0.5) is 4.79 Å². The number of methoxy groups -OCH3 is 1.